The lowest BCUT2D eigenvalue weighted by atomic mass is 10.3. The highest BCUT2D eigenvalue weighted by atomic mass is 16.1. The molecule has 1 saturated heterocycles. The molecule has 0 aromatic carbocycles. The van der Waals surface area contributed by atoms with Gasteiger partial charge in [-0.3, -0.25) is 14.6 Å². The Balaban J connectivity index is 1.25. The molecule has 0 N–H and O–H groups in total. The van der Waals surface area contributed by atoms with Gasteiger partial charge in [-0.2, -0.15) is 5.10 Å². The van der Waals surface area contributed by atoms with Crippen LogP contribution in [0.25, 0.3) is 0 Å². The van der Waals surface area contributed by atoms with Crippen molar-refractivity contribution in [1.29, 1.82) is 0 Å². The zero-order valence-electron chi connectivity index (χ0n) is 13.9. The first-order valence-electron chi connectivity index (χ1n) is 8.78. The van der Waals surface area contributed by atoms with E-state index in [1.165, 1.54) is 18.7 Å². The average molecular weight is 328 g/mol. The van der Waals surface area contributed by atoms with Crippen molar-refractivity contribution in [2.45, 2.75) is 32.0 Å². The van der Waals surface area contributed by atoms with E-state index in [-0.39, 0.29) is 5.56 Å². The molecule has 3 heterocycles. The van der Waals surface area contributed by atoms with E-state index >= 15 is 0 Å². The fraction of sp³-hybridized carbons (Fsp3) is 0.588. The highest BCUT2D eigenvalue weighted by Gasteiger charge is 2.26. The number of hydrogen-bond donors (Lipinski definition) is 0. The maximum atomic E-state index is 11.7. The molecule has 0 bridgehead atoms. The Morgan fingerprint density at radius 1 is 1.04 bits per heavy atom. The molecule has 7 nitrogen and oxygen atoms in total. The van der Waals surface area contributed by atoms with Crippen LogP contribution in [0.3, 0.4) is 0 Å². The molecule has 2 aromatic rings. The van der Waals surface area contributed by atoms with E-state index in [1.54, 1.807) is 23.0 Å². The van der Waals surface area contributed by atoms with Crippen LogP contribution in [0.15, 0.2) is 35.5 Å². The zero-order chi connectivity index (χ0) is 16.4. The number of imidazole rings is 1. The number of nitrogens with zero attached hydrogens (tertiary/aromatic N) is 6. The maximum absolute atomic E-state index is 11.7. The lowest BCUT2D eigenvalue weighted by molar-refractivity contribution is 0.119. The van der Waals surface area contributed by atoms with Crippen LogP contribution in [0, 0.1) is 0 Å². The van der Waals surface area contributed by atoms with Gasteiger partial charge >= 0.3 is 0 Å². The Labute approximate surface area is 141 Å². The molecule has 4 rings (SSSR count). The molecule has 7 heteroatoms. The summed E-state index contributed by atoms with van der Waals surface area (Å²) < 4.78 is 3.89. The van der Waals surface area contributed by atoms with Crippen LogP contribution in [0.5, 0.6) is 0 Å². The summed E-state index contributed by atoms with van der Waals surface area (Å²) in [6.45, 7) is 6.64. The van der Waals surface area contributed by atoms with Gasteiger partial charge in [-0.05, 0) is 18.9 Å². The monoisotopic (exact) mass is 328 g/mol. The normalized spacial score (nSPS) is 19.7. The van der Waals surface area contributed by atoms with Gasteiger partial charge in [-0.15, -0.1) is 0 Å². The summed E-state index contributed by atoms with van der Waals surface area (Å²) in [5.41, 5.74) is -0.0250. The molecule has 1 aliphatic heterocycles. The lowest BCUT2D eigenvalue weighted by Gasteiger charge is -2.34. The molecule has 0 atom stereocenters. The highest BCUT2D eigenvalue weighted by molar-refractivity contribution is 4.99. The summed E-state index contributed by atoms with van der Waals surface area (Å²) in [5, 5.41) is 4.12. The van der Waals surface area contributed by atoms with Crippen LogP contribution in [-0.2, 0) is 13.1 Å². The van der Waals surface area contributed by atoms with Gasteiger partial charge in [0.25, 0.3) is 5.56 Å². The van der Waals surface area contributed by atoms with E-state index in [1.807, 2.05) is 6.20 Å². The van der Waals surface area contributed by atoms with Gasteiger partial charge in [0, 0.05) is 63.4 Å². The second-order valence-electron chi connectivity index (χ2n) is 6.68. The van der Waals surface area contributed by atoms with E-state index in [2.05, 4.69) is 30.6 Å². The van der Waals surface area contributed by atoms with E-state index in [9.17, 15) is 4.79 Å². The number of hydrogen-bond acceptors (Lipinski definition) is 5. The van der Waals surface area contributed by atoms with Gasteiger partial charge in [0.1, 0.15) is 5.82 Å². The van der Waals surface area contributed by atoms with E-state index < -0.39 is 0 Å². The summed E-state index contributed by atoms with van der Waals surface area (Å²) >= 11 is 0. The van der Waals surface area contributed by atoms with E-state index in [0.717, 1.165) is 39.3 Å². The molecular weight excluding hydrogens is 304 g/mol. The summed E-state index contributed by atoms with van der Waals surface area (Å²) in [4.78, 5) is 21.1. The first-order valence-corrected chi connectivity index (χ1v) is 8.78. The molecule has 2 fully saturated rings. The lowest BCUT2D eigenvalue weighted by Crippen LogP contribution is -2.47. The first-order chi connectivity index (χ1) is 11.8. The Hall–Kier alpha value is -1.99. The van der Waals surface area contributed by atoms with Gasteiger partial charge in [-0.25, -0.2) is 9.67 Å². The van der Waals surface area contributed by atoms with Gasteiger partial charge < -0.3 is 4.57 Å². The summed E-state index contributed by atoms with van der Waals surface area (Å²) in [6.07, 6.45) is 8.30. The summed E-state index contributed by atoms with van der Waals surface area (Å²) in [6, 6.07) is 3.94. The van der Waals surface area contributed by atoms with Crippen molar-refractivity contribution in [3.63, 3.8) is 0 Å². The fourth-order valence-electron chi connectivity index (χ4n) is 3.31. The quantitative estimate of drug-likeness (QED) is 0.777. The highest BCUT2D eigenvalue weighted by Crippen LogP contribution is 2.35. The van der Waals surface area contributed by atoms with Crippen LogP contribution >= 0.6 is 0 Å². The third kappa shape index (κ3) is 3.57. The summed E-state index contributed by atoms with van der Waals surface area (Å²) in [5.74, 6) is 1.20. The van der Waals surface area contributed by atoms with Crippen molar-refractivity contribution in [2.75, 3.05) is 32.7 Å². The Kier molecular flexibility index (Phi) is 4.44. The fourth-order valence-corrected chi connectivity index (χ4v) is 3.31. The number of rotatable bonds is 6. The zero-order valence-corrected chi connectivity index (χ0v) is 13.9. The minimum Gasteiger partial charge on any atom is -0.331 e. The van der Waals surface area contributed by atoms with Crippen LogP contribution in [0.4, 0.5) is 0 Å². The van der Waals surface area contributed by atoms with Crippen LogP contribution in [0.1, 0.15) is 24.7 Å². The van der Waals surface area contributed by atoms with Crippen molar-refractivity contribution < 1.29 is 0 Å². The van der Waals surface area contributed by atoms with Crippen molar-refractivity contribution in [3.8, 4) is 0 Å². The SMILES string of the molecule is O=c1cccnn1CCN1CCN(Cc2nccn2C2CC2)CC1. The summed E-state index contributed by atoms with van der Waals surface area (Å²) in [7, 11) is 0. The topological polar surface area (TPSA) is 59.2 Å². The van der Waals surface area contributed by atoms with Crippen molar-refractivity contribution in [2.24, 2.45) is 0 Å². The van der Waals surface area contributed by atoms with Crippen molar-refractivity contribution in [3.05, 3.63) is 46.9 Å². The predicted molar refractivity (Wildman–Crippen MR) is 90.7 cm³/mol. The van der Waals surface area contributed by atoms with Gasteiger partial charge in [-0.1, -0.05) is 0 Å². The molecule has 0 amide bonds. The standard InChI is InChI=1S/C17H24N6O/c24-17-2-1-5-19-23(17)13-12-20-8-10-21(11-9-20)14-16-18-6-7-22(16)15-3-4-15/h1-2,5-7,15H,3-4,8-14H2. The average Bonchev–Trinajstić information content (AvgIpc) is 3.35. The third-order valence-electron chi connectivity index (χ3n) is 4.93. The van der Waals surface area contributed by atoms with Crippen molar-refractivity contribution >= 4 is 0 Å². The molecule has 0 spiro atoms. The minimum atomic E-state index is -0.0250. The third-order valence-corrected chi connectivity index (χ3v) is 4.93. The number of piperazine rings is 1. The predicted octanol–water partition coefficient (Wildman–Crippen LogP) is 0.592. The van der Waals surface area contributed by atoms with Crippen molar-refractivity contribution in [1.82, 2.24) is 29.1 Å². The molecule has 128 valence electrons. The first kappa shape index (κ1) is 15.5. The molecule has 1 aliphatic carbocycles. The molecule has 2 aromatic heterocycles. The Morgan fingerprint density at radius 2 is 1.83 bits per heavy atom. The van der Waals surface area contributed by atoms with E-state index in [0.29, 0.717) is 12.6 Å². The van der Waals surface area contributed by atoms with Gasteiger partial charge in [0.15, 0.2) is 0 Å². The Morgan fingerprint density at radius 3 is 2.58 bits per heavy atom. The van der Waals surface area contributed by atoms with Crippen LogP contribution in [-0.4, -0.2) is 61.9 Å². The molecule has 0 unspecified atom stereocenters. The molecule has 1 saturated carbocycles. The largest absolute Gasteiger partial charge is 0.331 e. The molecule has 24 heavy (non-hydrogen) atoms. The van der Waals surface area contributed by atoms with Gasteiger partial charge in [0.05, 0.1) is 13.1 Å². The Bertz CT molecular complexity index is 726. The van der Waals surface area contributed by atoms with E-state index in [4.69, 9.17) is 0 Å². The van der Waals surface area contributed by atoms with Crippen LogP contribution < -0.4 is 5.56 Å². The molecule has 0 radical (unpaired) electrons. The van der Waals surface area contributed by atoms with Crippen LogP contribution in [0.2, 0.25) is 0 Å². The number of aromatic nitrogens is 4. The second-order valence-corrected chi connectivity index (χ2v) is 6.68. The molecular formula is C17H24N6O. The smallest absolute Gasteiger partial charge is 0.266 e. The minimum absolute atomic E-state index is 0.0250. The second kappa shape index (κ2) is 6.86. The maximum Gasteiger partial charge on any atom is 0.266 e. The van der Waals surface area contributed by atoms with Gasteiger partial charge in [0.2, 0.25) is 0 Å². The molecule has 2 aliphatic rings.